The third-order valence-corrected chi connectivity index (χ3v) is 3.55. The van der Waals surface area contributed by atoms with Crippen LogP contribution in [0.4, 0.5) is 5.88 Å². The molecule has 0 spiro atoms. The number of carbonyl (C=O) groups excluding carboxylic acids is 1. The second-order valence-corrected chi connectivity index (χ2v) is 5.48. The Kier molecular flexibility index (Phi) is 4.82. The first-order valence-electron chi connectivity index (χ1n) is 7.74. The molecule has 25 heavy (non-hydrogen) atoms. The number of hydrogen-bond donors (Lipinski definition) is 1. The Bertz CT molecular complexity index is 906. The number of ether oxygens (including phenoxy) is 1. The number of rotatable bonds is 5. The van der Waals surface area contributed by atoms with Crippen LogP contribution in [0.3, 0.4) is 0 Å². The fraction of sp³-hybridized carbons (Fsp3) is 0.100. The number of carbonyl (C=O) groups is 1. The van der Waals surface area contributed by atoms with Crippen LogP contribution in [0.25, 0.3) is 11.3 Å². The molecule has 1 amide bonds. The topological polar surface area (TPSA) is 75.3 Å². The van der Waals surface area contributed by atoms with Gasteiger partial charge in [-0.1, -0.05) is 48.0 Å². The fourth-order valence-corrected chi connectivity index (χ4v) is 2.26. The summed E-state index contributed by atoms with van der Waals surface area (Å²) in [6.07, 6.45) is 0. The summed E-state index contributed by atoms with van der Waals surface area (Å²) < 4.78 is 11.0. The molecule has 0 fully saturated rings. The van der Waals surface area contributed by atoms with Gasteiger partial charge in [-0.25, -0.2) is 0 Å². The maximum absolute atomic E-state index is 12.1. The molecule has 0 atom stereocenters. The van der Waals surface area contributed by atoms with E-state index in [-0.39, 0.29) is 18.1 Å². The van der Waals surface area contributed by atoms with Gasteiger partial charge in [0.05, 0.1) is 0 Å². The molecule has 5 nitrogen and oxygen atoms in total. The molecule has 0 aliphatic carbocycles. The maximum atomic E-state index is 12.1. The first-order chi connectivity index (χ1) is 12.2. The normalized spacial score (nSPS) is 10.1. The van der Waals surface area contributed by atoms with Crippen molar-refractivity contribution in [2.24, 2.45) is 0 Å². The largest absolute Gasteiger partial charge is 0.484 e. The van der Waals surface area contributed by atoms with Crippen LogP contribution in [0.15, 0.2) is 65.1 Å². The van der Waals surface area contributed by atoms with Gasteiger partial charge in [0.25, 0.3) is 5.91 Å². The van der Waals surface area contributed by atoms with E-state index in [1.54, 1.807) is 18.2 Å². The molecule has 0 aliphatic rings. The van der Waals surface area contributed by atoms with Crippen molar-refractivity contribution in [2.75, 3.05) is 11.9 Å². The zero-order chi connectivity index (χ0) is 17.6. The van der Waals surface area contributed by atoms with E-state index < -0.39 is 5.91 Å². The van der Waals surface area contributed by atoms with Gasteiger partial charge in [-0.05, 0) is 19.1 Å². The lowest BCUT2D eigenvalue weighted by molar-refractivity contribution is -0.118. The van der Waals surface area contributed by atoms with Crippen molar-refractivity contribution in [3.8, 4) is 23.1 Å². The number of anilines is 1. The molecule has 0 saturated carbocycles. The molecule has 124 valence electrons. The fourth-order valence-electron chi connectivity index (χ4n) is 2.26. The number of nitrogens with zero attached hydrogens (tertiary/aromatic N) is 1. The first-order valence-corrected chi connectivity index (χ1v) is 7.74. The van der Waals surface area contributed by atoms with Gasteiger partial charge < -0.3 is 9.15 Å². The van der Waals surface area contributed by atoms with Crippen LogP contribution in [0.2, 0.25) is 0 Å². The predicted octanol–water partition coefficient (Wildman–Crippen LogP) is 4.14. The highest BCUT2D eigenvalue weighted by atomic mass is 16.5. The minimum Gasteiger partial charge on any atom is -0.484 e. The third kappa shape index (κ3) is 4.06. The van der Waals surface area contributed by atoms with Gasteiger partial charge in [-0.3, -0.25) is 10.1 Å². The quantitative estimate of drug-likeness (QED) is 0.762. The van der Waals surface area contributed by atoms with E-state index in [9.17, 15) is 10.1 Å². The molecule has 3 aromatic rings. The lowest BCUT2D eigenvalue weighted by atomic mass is 10.1. The Hall–Kier alpha value is -3.52. The highest BCUT2D eigenvalue weighted by molar-refractivity contribution is 5.92. The maximum Gasteiger partial charge on any atom is 0.264 e. The minimum atomic E-state index is -0.397. The van der Waals surface area contributed by atoms with E-state index in [0.29, 0.717) is 11.5 Å². The van der Waals surface area contributed by atoms with Crippen molar-refractivity contribution < 1.29 is 13.9 Å². The second-order valence-electron chi connectivity index (χ2n) is 5.48. The van der Waals surface area contributed by atoms with Crippen LogP contribution < -0.4 is 10.1 Å². The number of aryl methyl sites for hydroxylation is 1. The van der Waals surface area contributed by atoms with Gasteiger partial charge in [0.15, 0.2) is 6.61 Å². The van der Waals surface area contributed by atoms with Crippen molar-refractivity contribution in [1.82, 2.24) is 0 Å². The zero-order valence-corrected chi connectivity index (χ0v) is 13.7. The molecule has 0 saturated heterocycles. The zero-order valence-electron chi connectivity index (χ0n) is 13.7. The number of benzene rings is 2. The SMILES string of the molecule is Cc1ccc(OCC(=O)Nc2oc(-c3ccccc3)cc2C#N)cc1. The number of hydrogen-bond acceptors (Lipinski definition) is 4. The van der Waals surface area contributed by atoms with Crippen LogP contribution in [0, 0.1) is 18.3 Å². The molecule has 2 aromatic carbocycles. The molecular weight excluding hydrogens is 316 g/mol. The second kappa shape index (κ2) is 7.37. The molecular formula is C20H16N2O3. The average Bonchev–Trinajstić information content (AvgIpc) is 3.05. The Morgan fingerprint density at radius 3 is 2.56 bits per heavy atom. The van der Waals surface area contributed by atoms with E-state index in [1.807, 2.05) is 55.5 Å². The summed E-state index contributed by atoms with van der Waals surface area (Å²) in [4.78, 5) is 12.1. The summed E-state index contributed by atoms with van der Waals surface area (Å²) in [5.41, 5.74) is 2.21. The van der Waals surface area contributed by atoms with Gasteiger partial charge in [0.2, 0.25) is 5.88 Å². The van der Waals surface area contributed by atoms with Gasteiger partial charge >= 0.3 is 0 Å². The summed E-state index contributed by atoms with van der Waals surface area (Å²) in [6.45, 7) is 1.80. The summed E-state index contributed by atoms with van der Waals surface area (Å²) in [7, 11) is 0. The summed E-state index contributed by atoms with van der Waals surface area (Å²) in [6, 6.07) is 20.4. The van der Waals surface area contributed by atoms with Gasteiger partial charge in [-0.15, -0.1) is 0 Å². The number of amides is 1. The molecule has 0 aliphatic heterocycles. The molecule has 0 radical (unpaired) electrons. The highest BCUT2D eigenvalue weighted by Gasteiger charge is 2.15. The highest BCUT2D eigenvalue weighted by Crippen LogP contribution is 2.28. The van der Waals surface area contributed by atoms with Crippen molar-refractivity contribution in [3.63, 3.8) is 0 Å². The van der Waals surface area contributed by atoms with Crippen LogP contribution >= 0.6 is 0 Å². The summed E-state index contributed by atoms with van der Waals surface area (Å²) >= 11 is 0. The van der Waals surface area contributed by atoms with Crippen molar-refractivity contribution in [1.29, 1.82) is 5.26 Å². The van der Waals surface area contributed by atoms with Crippen LogP contribution in [-0.2, 0) is 4.79 Å². The average molecular weight is 332 g/mol. The standard InChI is InChI=1S/C20H16N2O3/c1-14-7-9-17(10-8-14)24-13-19(23)22-20-16(12-21)11-18(25-20)15-5-3-2-4-6-15/h2-11H,13H2,1H3,(H,22,23). The minimum absolute atomic E-state index is 0.124. The van der Waals surface area contributed by atoms with Crippen LogP contribution in [-0.4, -0.2) is 12.5 Å². The van der Waals surface area contributed by atoms with Gasteiger partial charge in [-0.2, -0.15) is 5.26 Å². The Labute approximate surface area is 145 Å². The van der Waals surface area contributed by atoms with Crippen LogP contribution in [0.5, 0.6) is 5.75 Å². The number of nitriles is 1. The molecule has 1 aromatic heterocycles. The molecule has 1 N–H and O–H groups in total. The van der Waals surface area contributed by atoms with Gasteiger partial charge in [0.1, 0.15) is 23.1 Å². The Morgan fingerprint density at radius 2 is 1.88 bits per heavy atom. The first kappa shape index (κ1) is 16.3. The summed E-state index contributed by atoms with van der Waals surface area (Å²) in [5, 5.41) is 11.8. The Morgan fingerprint density at radius 1 is 1.16 bits per heavy atom. The van der Waals surface area contributed by atoms with E-state index >= 15 is 0 Å². The molecule has 0 unspecified atom stereocenters. The van der Waals surface area contributed by atoms with E-state index in [1.165, 1.54) is 0 Å². The smallest absolute Gasteiger partial charge is 0.264 e. The van der Waals surface area contributed by atoms with Crippen molar-refractivity contribution >= 4 is 11.8 Å². The molecule has 0 bridgehead atoms. The molecule has 3 rings (SSSR count). The van der Waals surface area contributed by atoms with E-state index in [0.717, 1.165) is 11.1 Å². The van der Waals surface area contributed by atoms with Gasteiger partial charge in [0, 0.05) is 11.6 Å². The van der Waals surface area contributed by atoms with E-state index in [2.05, 4.69) is 5.32 Å². The summed E-state index contributed by atoms with van der Waals surface area (Å²) in [5.74, 6) is 0.850. The lowest BCUT2D eigenvalue weighted by Gasteiger charge is -2.06. The Balaban J connectivity index is 1.67. The lowest BCUT2D eigenvalue weighted by Crippen LogP contribution is -2.20. The van der Waals surface area contributed by atoms with Crippen molar-refractivity contribution in [3.05, 3.63) is 71.8 Å². The monoisotopic (exact) mass is 332 g/mol. The third-order valence-electron chi connectivity index (χ3n) is 3.55. The van der Waals surface area contributed by atoms with Crippen LogP contribution in [0.1, 0.15) is 11.1 Å². The molecule has 5 heteroatoms. The van der Waals surface area contributed by atoms with E-state index in [4.69, 9.17) is 9.15 Å². The molecule has 1 heterocycles. The predicted molar refractivity (Wildman–Crippen MR) is 94.2 cm³/mol. The van der Waals surface area contributed by atoms with Crippen molar-refractivity contribution in [2.45, 2.75) is 6.92 Å². The number of furan rings is 1. The number of nitrogens with one attached hydrogen (secondary N) is 1.